The molecule has 0 bridgehead atoms. The highest BCUT2D eigenvalue weighted by atomic mass is 32.1. The van der Waals surface area contributed by atoms with Gasteiger partial charge >= 0.3 is 0 Å². The Morgan fingerprint density at radius 2 is 2.21 bits per heavy atom. The topological polar surface area (TPSA) is 40.5 Å². The molecule has 0 unspecified atom stereocenters. The lowest BCUT2D eigenvalue weighted by Gasteiger charge is -2.27. The molecular weight excluding hydrogens is 258 g/mol. The van der Waals surface area contributed by atoms with E-state index in [9.17, 15) is 9.90 Å². The summed E-state index contributed by atoms with van der Waals surface area (Å²) in [6, 6.07) is 7.27. The SMILES string of the molecule is Cc1ccc(C(=O)N2CCc3sccc3C2)c(O)c1. The average Bonchev–Trinajstić information content (AvgIpc) is 2.85. The Bertz CT molecular complexity index is 633. The van der Waals surface area contributed by atoms with Gasteiger partial charge in [0.05, 0.1) is 5.56 Å². The van der Waals surface area contributed by atoms with E-state index in [0.29, 0.717) is 12.1 Å². The van der Waals surface area contributed by atoms with Gasteiger partial charge in [-0.2, -0.15) is 0 Å². The maximum absolute atomic E-state index is 12.4. The normalized spacial score (nSPS) is 14.3. The molecule has 3 rings (SSSR count). The molecule has 0 spiro atoms. The predicted molar refractivity (Wildman–Crippen MR) is 75.6 cm³/mol. The van der Waals surface area contributed by atoms with Crippen LogP contribution in [0, 0.1) is 6.92 Å². The van der Waals surface area contributed by atoms with E-state index in [1.807, 2.05) is 13.0 Å². The molecule has 2 heterocycles. The largest absolute Gasteiger partial charge is 0.507 e. The van der Waals surface area contributed by atoms with Crippen LogP contribution in [0.2, 0.25) is 0 Å². The number of amides is 1. The summed E-state index contributed by atoms with van der Waals surface area (Å²) in [5.74, 6) is -0.0181. The maximum atomic E-state index is 12.4. The van der Waals surface area contributed by atoms with Crippen molar-refractivity contribution in [1.82, 2.24) is 4.90 Å². The van der Waals surface area contributed by atoms with Crippen molar-refractivity contribution in [1.29, 1.82) is 0 Å². The number of hydrogen-bond donors (Lipinski definition) is 1. The van der Waals surface area contributed by atoms with Crippen LogP contribution in [0.25, 0.3) is 0 Å². The number of rotatable bonds is 1. The molecule has 1 aliphatic rings. The third-order valence-corrected chi connectivity index (χ3v) is 4.50. The molecule has 3 nitrogen and oxygen atoms in total. The van der Waals surface area contributed by atoms with Crippen molar-refractivity contribution in [3.05, 3.63) is 51.2 Å². The monoisotopic (exact) mass is 273 g/mol. The molecule has 0 radical (unpaired) electrons. The van der Waals surface area contributed by atoms with Crippen LogP contribution in [0.5, 0.6) is 5.75 Å². The van der Waals surface area contributed by atoms with Crippen molar-refractivity contribution < 1.29 is 9.90 Å². The van der Waals surface area contributed by atoms with Crippen LogP contribution in [0.3, 0.4) is 0 Å². The zero-order valence-electron chi connectivity index (χ0n) is 10.7. The van der Waals surface area contributed by atoms with E-state index in [4.69, 9.17) is 0 Å². The van der Waals surface area contributed by atoms with Gasteiger partial charge in [0.25, 0.3) is 5.91 Å². The van der Waals surface area contributed by atoms with Crippen molar-refractivity contribution in [2.75, 3.05) is 6.54 Å². The molecule has 2 aromatic rings. The number of phenolic OH excluding ortho intramolecular Hbond substituents is 1. The number of phenols is 1. The first-order valence-corrected chi connectivity index (χ1v) is 7.17. The summed E-state index contributed by atoms with van der Waals surface area (Å²) in [5.41, 5.74) is 2.58. The summed E-state index contributed by atoms with van der Waals surface area (Å²) >= 11 is 1.75. The van der Waals surface area contributed by atoms with Gasteiger partial charge in [-0.3, -0.25) is 4.79 Å². The van der Waals surface area contributed by atoms with E-state index in [1.165, 1.54) is 10.4 Å². The molecule has 0 atom stereocenters. The van der Waals surface area contributed by atoms with Gasteiger partial charge in [-0.15, -0.1) is 11.3 Å². The number of aromatic hydroxyl groups is 1. The highest BCUT2D eigenvalue weighted by molar-refractivity contribution is 7.10. The summed E-state index contributed by atoms with van der Waals surface area (Å²) in [5, 5.41) is 12.0. The highest BCUT2D eigenvalue weighted by Crippen LogP contribution is 2.27. The molecule has 4 heteroatoms. The first-order valence-electron chi connectivity index (χ1n) is 6.29. The molecule has 1 N–H and O–H groups in total. The van der Waals surface area contributed by atoms with Crippen LogP contribution in [-0.4, -0.2) is 22.5 Å². The smallest absolute Gasteiger partial charge is 0.257 e. The molecular formula is C15H15NO2S. The number of benzene rings is 1. The lowest BCUT2D eigenvalue weighted by atomic mass is 10.1. The molecule has 0 saturated heterocycles. The van der Waals surface area contributed by atoms with E-state index in [0.717, 1.165) is 18.5 Å². The Kier molecular flexibility index (Phi) is 3.03. The van der Waals surface area contributed by atoms with Crippen molar-refractivity contribution in [2.24, 2.45) is 0 Å². The number of nitrogens with zero attached hydrogens (tertiary/aromatic N) is 1. The molecule has 19 heavy (non-hydrogen) atoms. The molecule has 1 amide bonds. The van der Waals surface area contributed by atoms with Gasteiger partial charge in [-0.1, -0.05) is 6.07 Å². The third-order valence-electron chi connectivity index (χ3n) is 3.48. The zero-order chi connectivity index (χ0) is 13.4. The Balaban J connectivity index is 1.85. The van der Waals surface area contributed by atoms with Gasteiger partial charge in [-0.05, 0) is 48.1 Å². The van der Waals surface area contributed by atoms with Crippen LogP contribution in [0.15, 0.2) is 29.6 Å². The fourth-order valence-electron chi connectivity index (χ4n) is 2.41. The average molecular weight is 273 g/mol. The molecule has 1 aromatic heterocycles. The molecule has 0 aliphatic carbocycles. The Hall–Kier alpha value is -1.81. The fraction of sp³-hybridized carbons (Fsp3) is 0.267. The molecule has 0 saturated carbocycles. The Morgan fingerprint density at radius 3 is 3.00 bits per heavy atom. The molecule has 1 aromatic carbocycles. The van der Waals surface area contributed by atoms with Gasteiger partial charge in [0, 0.05) is 18.0 Å². The number of carbonyl (C=O) groups excluding carboxylic acids is 1. The van der Waals surface area contributed by atoms with Crippen LogP contribution in [0.4, 0.5) is 0 Å². The second-order valence-electron chi connectivity index (χ2n) is 4.87. The quantitative estimate of drug-likeness (QED) is 0.867. The molecule has 1 aliphatic heterocycles. The van der Waals surface area contributed by atoms with E-state index in [1.54, 1.807) is 28.4 Å². The number of hydrogen-bond acceptors (Lipinski definition) is 3. The van der Waals surface area contributed by atoms with Crippen molar-refractivity contribution >= 4 is 17.2 Å². The van der Waals surface area contributed by atoms with E-state index in [-0.39, 0.29) is 11.7 Å². The number of thiophene rings is 1. The minimum Gasteiger partial charge on any atom is -0.507 e. The molecule has 0 fully saturated rings. The first kappa shape index (κ1) is 12.2. The van der Waals surface area contributed by atoms with Gasteiger partial charge < -0.3 is 10.0 Å². The molecule has 98 valence electrons. The lowest BCUT2D eigenvalue weighted by Crippen LogP contribution is -2.35. The van der Waals surface area contributed by atoms with Gasteiger partial charge in [0.1, 0.15) is 5.75 Å². The van der Waals surface area contributed by atoms with Crippen LogP contribution in [-0.2, 0) is 13.0 Å². The summed E-state index contributed by atoms with van der Waals surface area (Å²) < 4.78 is 0. The van der Waals surface area contributed by atoms with E-state index >= 15 is 0 Å². The second kappa shape index (κ2) is 4.70. The van der Waals surface area contributed by atoms with Crippen LogP contribution < -0.4 is 0 Å². The summed E-state index contributed by atoms with van der Waals surface area (Å²) in [6.07, 6.45) is 0.908. The van der Waals surface area contributed by atoms with Gasteiger partial charge in [0.2, 0.25) is 0 Å². The predicted octanol–water partition coefficient (Wildman–Crippen LogP) is 2.96. The van der Waals surface area contributed by atoms with Crippen LogP contribution in [0.1, 0.15) is 26.4 Å². The standard InChI is InChI=1S/C15H15NO2S/c1-10-2-3-12(13(17)8-10)15(18)16-6-4-14-11(9-16)5-7-19-14/h2-3,5,7-8,17H,4,6,9H2,1H3. The summed E-state index contributed by atoms with van der Waals surface area (Å²) in [4.78, 5) is 15.6. The lowest BCUT2D eigenvalue weighted by molar-refractivity contribution is 0.0733. The Labute approximate surface area is 116 Å². The fourth-order valence-corrected chi connectivity index (χ4v) is 3.30. The second-order valence-corrected chi connectivity index (χ2v) is 5.87. The third kappa shape index (κ3) is 2.24. The summed E-state index contributed by atoms with van der Waals surface area (Å²) in [7, 11) is 0. The van der Waals surface area contributed by atoms with Crippen LogP contribution >= 0.6 is 11.3 Å². The Morgan fingerprint density at radius 1 is 1.37 bits per heavy atom. The zero-order valence-corrected chi connectivity index (χ0v) is 11.5. The van der Waals surface area contributed by atoms with Gasteiger partial charge in [-0.25, -0.2) is 0 Å². The minimum absolute atomic E-state index is 0.0705. The van der Waals surface area contributed by atoms with E-state index in [2.05, 4.69) is 11.4 Å². The van der Waals surface area contributed by atoms with Gasteiger partial charge in [0.15, 0.2) is 0 Å². The number of fused-ring (bicyclic) bond motifs is 1. The maximum Gasteiger partial charge on any atom is 0.257 e. The summed E-state index contributed by atoms with van der Waals surface area (Å²) in [6.45, 7) is 3.26. The first-order chi connectivity index (χ1) is 9.15. The number of carbonyl (C=O) groups is 1. The minimum atomic E-state index is -0.0886. The van der Waals surface area contributed by atoms with Crippen molar-refractivity contribution in [3.63, 3.8) is 0 Å². The van der Waals surface area contributed by atoms with Crippen molar-refractivity contribution in [2.45, 2.75) is 19.9 Å². The highest BCUT2D eigenvalue weighted by Gasteiger charge is 2.24. The number of aryl methyl sites for hydroxylation is 1. The van der Waals surface area contributed by atoms with E-state index < -0.39 is 0 Å². The van der Waals surface area contributed by atoms with Crippen molar-refractivity contribution in [3.8, 4) is 5.75 Å².